The maximum atomic E-state index is 9.77. The molecule has 2 fully saturated rings. The molecule has 11 nitrogen and oxygen atoms in total. The zero-order valence-electron chi connectivity index (χ0n) is 12.7. The van der Waals surface area contributed by atoms with Gasteiger partial charge in [-0.05, 0) is 38.8 Å². The van der Waals surface area contributed by atoms with Crippen molar-refractivity contribution in [3.05, 3.63) is 0 Å². The lowest BCUT2D eigenvalue weighted by Crippen LogP contribution is -2.40. The Morgan fingerprint density at radius 2 is 1.09 bits per heavy atom. The van der Waals surface area contributed by atoms with Gasteiger partial charge in [0.15, 0.2) is 12.2 Å². The third kappa shape index (κ3) is 8.76. The van der Waals surface area contributed by atoms with Crippen LogP contribution in [0.2, 0.25) is 0 Å². The molecule has 2 heterocycles. The van der Waals surface area contributed by atoms with Crippen LogP contribution in [0.4, 0.5) is 0 Å². The minimum Gasteiger partial charge on any atom is -0.479 e. The number of rotatable bonds is 4. The summed E-state index contributed by atoms with van der Waals surface area (Å²) < 4.78 is 0. The number of hydrogen-bond acceptors (Lipinski definition) is 6. The average Bonchev–Trinajstić information content (AvgIpc) is 3.08. The van der Waals surface area contributed by atoms with Crippen molar-refractivity contribution in [3.8, 4) is 0 Å². The number of aliphatic carboxylic acids is 2. The summed E-state index contributed by atoms with van der Waals surface area (Å²) in [6.45, 7) is 2.48. The van der Waals surface area contributed by atoms with Gasteiger partial charge in [0.25, 0.3) is 0 Å². The molecule has 2 saturated heterocycles. The highest BCUT2D eigenvalue weighted by Crippen LogP contribution is 2.16. The van der Waals surface area contributed by atoms with Crippen LogP contribution in [0.1, 0.15) is 25.7 Å². The fourth-order valence-electron chi connectivity index (χ4n) is 2.38. The number of carbonyl (C=O) groups is 2. The van der Waals surface area contributed by atoms with Gasteiger partial charge in [-0.15, -0.1) is 0 Å². The van der Waals surface area contributed by atoms with E-state index in [1.165, 1.54) is 38.8 Å². The van der Waals surface area contributed by atoms with Crippen molar-refractivity contribution in [3.63, 3.8) is 0 Å². The molecule has 0 unspecified atom stereocenters. The molecule has 4 atom stereocenters. The summed E-state index contributed by atoms with van der Waals surface area (Å²) in [7, 11) is 0. The topological polar surface area (TPSA) is 234 Å². The zero-order valence-corrected chi connectivity index (χ0v) is 12.7. The van der Waals surface area contributed by atoms with E-state index in [-0.39, 0.29) is 16.4 Å². The first-order chi connectivity index (χ1) is 9.43. The first-order valence-electron chi connectivity index (χ1n) is 6.72. The van der Waals surface area contributed by atoms with Gasteiger partial charge >= 0.3 is 11.9 Å². The summed E-state index contributed by atoms with van der Waals surface area (Å²) in [4.78, 5) is 19.5. The van der Waals surface area contributed by atoms with Gasteiger partial charge in [-0.25, -0.2) is 9.59 Å². The Morgan fingerprint density at radius 1 is 0.783 bits per heavy atom. The molecule has 0 aromatic heterocycles. The SMILES string of the molecule is C1CN[C@@H]([C@H]2CCCN2)C1.O.O.O.O=C(O)[C@H](O)[C@@H](O)C(=O)O. The molecule has 12 N–H and O–H groups in total. The lowest BCUT2D eigenvalue weighted by molar-refractivity contribution is -0.165. The summed E-state index contributed by atoms with van der Waals surface area (Å²) in [6.07, 6.45) is 0.996. The minimum atomic E-state index is -2.27. The van der Waals surface area contributed by atoms with Gasteiger partial charge < -0.3 is 47.5 Å². The monoisotopic (exact) mass is 344 g/mol. The highest BCUT2D eigenvalue weighted by molar-refractivity contribution is 5.83. The van der Waals surface area contributed by atoms with E-state index in [0.29, 0.717) is 0 Å². The number of aliphatic hydroxyl groups excluding tert-OH is 2. The van der Waals surface area contributed by atoms with Crippen LogP contribution >= 0.6 is 0 Å². The van der Waals surface area contributed by atoms with Crippen LogP contribution in [0, 0.1) is 0 Å². The molecule has 2 rings (SSSR count). The molecular formula is C12H28N2O9. The van der Waals surface area contributed by atoms with Gasteiger partial charge in [0.05, 0.1) is 0 Å². The van der Waals surface area contributed by atoms with Crippen molar-refractivity contribution in [1.82, 2.24) is 10.6 Å². The van der Waals surface area contributed by atoms with E-state index in [4.69, 9.17) is 20.4 Å². The number of carboxylic acids is 2. The normalized spacial score (nSPS) is 24.6. The largest absolute Gasteiger partial charge is 0.479 e. The Kier molecular flexibility index (Phi) is 15.2. The van der Waals surface area contributed by atoms with Crippen LogP contribution in [-0.2, 0) is 9.59 Å². The molecule has 0 bridgehead atoms. The number of hydrogen-bond donors (Lipinski definition) is 6. The van der Waals surface area contributed by atoms with Gasteiger partial charge in [0.1, 0.15) is 0 Å². The van der Waals surface area contributed by atoms with Crippen molar-refractivity contribution in [2.24, 2.45) is 0 Å². The first kappa shape index (κ1) is 26.6. The minimum absolute atomic E-state index is 0. The molecule has 140 valence electrons. The van der Waals surface area contributed by atoms with E-state index in [2.05, 4.69) is 10.6 Å². The van der Waals surface area contributed by atoms with E-state index in [9.17, 15) is 9.59 Å². The molecule has 0 radical (unpaired) electrons. The summed E-state index contributed by atoms with van der Waals surface area (Å²) >= 11 is 0. The summed E-state index contributed by atoms with van der Waals surface area (Å²) in [5.41, 5.74) is 0. The third-order valence-electron chi connectivity index (χ3n) is 3.49. The van der Waals surface area contributed by atoms with Crippen LogP contribution in [0.5, 0.6) is 0 Å². The van der Waals surface area contributed by atoms with Crippen molar-refractivity contribution < 1.29 is 46.4 Å². The van der Waals surface area contributed by atoms with Crippen LogP contribution in [-0.4, -0.2) is 86.2 Å². The number of aliphatic hydroxyl groups is 2. The second-order valence-electron chi connectivity index (χ2n) is 4.97. The Morgan fingerprint density at radius 3 is 1.26 bits per heavy atom. The molecule has 2 aliphatic heterocycles. The molecule has 0 aromatic rings. The molecule has 0 aromatic carbocycles. The molecule has 0 saturated carbocycles. The van der Waals surface area contributed by atoms with Crippen molar-refractivity contribution in [2.75, 3.05) is 13.1 Å². The first-order valence-corrected chi connectivity index (χ1v) is 6.72. The quantitative estimate of drug-likeness (QED) is 0.292. The number of nitrogens with one attached hydrogen (secondary N) is 2. The Labute approximate surface area is 133 Å². The third-order valence-corrected chi connectivity index (χ3v) is 3.49. The standard InChI is InChI=1S/C8H16N2.C4H6O6.3H2O/c1-3-7(9-5-1)8-4-2-6-10-8;5-1(3(7)8)2(6)4(9)10;;;/h7-10H,1-6H2;1-2,5-6H,(H,7,8)(H,9,10);3*1H2/t7-,8-;1-,2-;;;/m11.../s1. The van der Waals surface area contributed by atoms with Crippen LogP contribution in [0.3, 0.4) is 0 Å². The van der Waals surface area contributed by atoms with Gasteiger partial charge in [-0.3, -0.25) is 0 Å². The Balaban J connectivity index is -0.000000308. The van der Waals surface area contributed by atoms with E-state index >= 15 is 0 Å². The smallest absolute Gasteiger partial charge is 0.335 e. The maximum absolute atomic E-state index is 9.77. The summed E-state index contributed by atoms with van der Waals surface area (Å²) in [6, 6.07) is 1.59. The Bertz CT molecular complexity index is 298. The molecule has 0 amide bonds. The van der Waals surface area contributed by atoms with Crippen molar-refractivity contribution in [1.29, 1.82) is 0 Å². The van der Waals surface area contributed by atoms with Gasteiger partial charge in [0.2, 0.25) is 0 Å². The van der Waals surface area contributed by atoms with Crippen LogP contribution in [0.25, 0.3) is 0 Å². The average molecular weight is 344 g/mol. The van der Waals surface area contributed by atoms with Gasteiger partial charge in [-0.2, -0.15) is 0 Å². The van der Waals surface area contributed by atoms with E-state index in [1.807, 2.05) is 0 Å². The maximum Gasteiger partial charge on any atom is 0.335 e. The fourth-order valence-corrected chi connectivity index (χ4v) is 2.38. The van der Waals surface area contributed by atoms with Gasteiger partial charge in [0, 0.05) is 12.1 Å². The van der Waals surface area contributed by atoms with Crippen LogP contribution in [0.15, 0.2) is 0 Å². The molecule has 23 heavy (non-hydrogen) atoms. The van der Waals surface area contributed by atoms with E-state index in [0.717, 1.165) is 12.1 Å². The second-order valence-corrected chi connectivity index (χ2v) is 4.97. The second kappa shape index (κ2) is 13.1. The molecule has 11 heteroatoms. The van der Waals surface area contributed by atoms with Gasteiger partial charge in [-0.1, -0.05) is 0 Å². The van der Waals surface area contributed by atoms with E-state index in [1.54, 1.807) is 0 Å². The van der Waals surface area contributed by atoms with Crippen molar-refractivity contribution >= 4 is 11.9 Å². The predicted octanol–water partition coefficient (Wildman–Crippen LogP) is -4.11. The lowest BCUT2D eigenvalue weighted by Gasteiger charge is -2.17. The van der Waals surface area contributed by atoms with Crippen LogP contribution < -0.4 is 10.6 Å². The highest BCUT2D eigenvalue weighted by atomic mass is 16.4. The molecular weight excluding hydrogens is 316 g/mol. The molecule has 0 aliphatic carbocycles. The summed E-state index contributed by atoms with van der Waals surface area (Å²) in [5.74, 6) is -3.54. The molecule has 2 aliphatic rings. The predicted molar refractivity (Wildman–Crippen MR) is 80.2 cm³/mol. The lowest BCUT2D eigenvalue weighted by atomic mass is 10.1. The highest BCUT2D eigenvalue weighted by Gasteiger charge is 2.29. The zero-order chi connectivity index (χ0) is 15.1. The molecule has 0 spiro atoms. The summed E-state index contributed by atoms with van der Waals surface area (Å²) in [5, 5.41) is 39.6. The Hall–Kier alpha value is -1.34. The fraction of sp³-hybridized carbons (Fsp3) is 0.833. The van der Waals surface area contributed by atoms with E-state index < -0.39 is 24.1 Å². The van der Waals surface area contributed by atoms with Crippen molar-refractivity contribution in [2.45, 2.75) is 50.0 Å². The number of carboxylic acid groups (broad SMARTS) is 2.